The molecular formula is C13H20N6. The van der Waals surface area contributed by atoms with Gasteiger partial charge in [0.25, 0.3) is 0 Å². The summed E-state index contributed by atoms with van der Waals surface area (Å²) in [4.78, 5) is 12.7. The van der Waals surface area contributed by atoms with Crippen molar-refractivity contribution in [3.8, 4) is 0 Å². The number of anilines is 2. The highest BCUT2D eigenvalue weighted by Gasteiger charge is 2.06. The lowest BCUT2D eigenvalue weighted by molar-refractivity contribution is 0.616. The molecule has 1 atom stereocenters. The lowest BCUT2D eigenvalue weighted by atomic mass is 10.3. The number of aryl methyl sites for hydroxylation is 1. The molecule has 0 saturated carbocycles. The van der Waals surface area contributed by atoms with E-state index in [1.165, 1.54) is 0 Å². The van der Waals surface area contributed by atoms with Crippen LogP contribution in [-0.2, 0) is 13.0 Å². The van der Waals surface area contributed by atoms with Crippen molar-refractivity contribution in [1.82, 2.24) is 19.5 Å². The van der Waals surface area contributed by atoms with Crippen LogP contribution >= 0.6 is 0 Å². The fourth-order valence-electron chi connectivity index (χ4n) is 1.94. The van der Waals surface area contributed by atoms with Crippen LogP contribution in [0.3, 0.4) is 0 Å². The lowest BCUT2D eigenvalue weighted by Gasteiger charge is -2.15. The molecule has 0 bridgehead atoms. The predicted octanol–water partition coefficient (Wildman–Crippen LogP) is 1.71. The zero-order valence-corrected chi connectivity index (χ0v) is 11.4. The molecule has 0 radical (unpaired) electrons. The first-order valence-corrected chi connectivity index (χ1v) is 6.53. The van der Waals surface area contributed by atoms with E-state index in [0.717, 1.165) is 31.0 Å². The van der Waals surface area contributed by atoms with Crippen molar-refractivity contribution in [2.24, 2.45) is 0 Å². The van der Waals surface area contributed by atoms with Gasteiger partial charge in [-0.05, 0) is 13.3 Å². The fourth-order valence-corrected chi connectivity index (χ4v) is 1.94. The van der Waals surface area contributed by atoms with Gasteiger partial charge in [-0.2, -0.15) is 0 Å². The van der Waals surface area contributed by atoms with Gasteiger partial charge in [0.05, 0.1) is 6.33 Å². The fraction of sp³-hybridized carbons (Fsp3) is 0.462. The molecule has 19 heavy (non-hydrogen) atoms. The van der Waals surface area contributed by atoms with E-state index >= 15 is 0 Å². The summed E-state index contributed by atoms with van der Waals surface area (Å²) in [5.74, 6) is 2.08. The molecule has 102 valence electrons. The second kappa shape index (κ2) is 6.17. The van der Waals surface area contributed by atoms with Crippen LogP contribution in [0.4, 0.5) is 11.6 Å². The zero-order valence-electron chi connectivity index (χ0n) is 11.4. The molecule has 2 aromatic heterocycles. The van der Waals surface area contributed by atoms with E-state index in [-0.39, 0.29) is 6.04 Å². The van der Waals surface area contributed by atoms with Crippen molar-refractivity contribution in [2.45, 2.75) is 39.3 Å². The van der Waals surface area contributed by atoms with Gasteiger partial charge in [0.2, 0.25) is 0 Å². The molecule has 1 unspecified atom stereocenters. The highest BCUT2D eigenvalue weighted by atomic mass is 15.1. The number of hydrogen-bond donors (Lipinski definition) is 2. The number of imidazole rings is 1. The highest BCUT2D eigenvalue weighted by Crippen LogP contribution is 2.11. The van der Waals surface area contributed by atoms with E-state index in [2.05, 4.69) is 34.1 Å². The standard InChI is InChI=1S/C13H20N6/c1-3-4-12-17-11(14)7-13(18-12)16-10(2)8-19-6-5-15-9-19/h5-7,9-10H,3-4,8H2,1-2H3,(H3,14,16,17,18). The van der Waals surface area contributed by atoms with Crippen molar-refractivity contribution >= 4 is 11.6 Å². The Labute approximate surface area is 113 Å². The Kier molecular flexibility index (Phi) is 4.33. The van der Waals surface area contributed by atoms with Crippen LogP contribution in [0.5, 0.6) is 0 Å². The second-order valence-corrected chi connectivity index (χ2v) is 4.65. The molecule has 0 aliphatic carbocycles. The third-order valence-corrected chi connectivity index (χ3v) is 2.70. The van der Waals surface area contributed by atoms with Gasteiger partial charge in [-0.3, -0.25) is 0 Å². The summed E-state index contributed by atoms with van der Waals surface area (Å²) in [6.07, 6.45) is 7.36. The SMILES string of the molecule is CCCc1nc(N)cc(NC(C)Cn2ccnc2)n1. The summed E-state index contributed by atoms with van der Waals surface area (Å²) in [6, 6.07) is 2.00. The Morgan fingerprint density at radius 2 is 2.26 bits per heavy atom. The van der Waals surface area contributed by atoms with Crippen LogP contribution in [0, 0.1) is 0 Å². The molecule has 2 aromatic rings. The van der Waals surface area contributed by atoms with Gasteiger partial charge in [-0.15, -0.1) is 0 Å². The Hall–Kier alpha value is -2.11. The summed E-state index contributed by atoms with van der Waals surface area (Å²) in [5.41, 5.74) is 5.80. The number of rotatable bonds is 6. The maximum atomic E-state index is 5.80. The molecule has 3 N–H and O–H groups in total. The Bertz CT molecular complexity index is 508. The molecule has 0 spiro atoms. The molecule has 0 amide bonds. The Balaban J connectivity index is 2.01. The van der Waals surface area contributed by atoms with E-state index < -0.39 is 0 Å². The highest BCUT2D eigenvalue weighted by molar-refractivity contribution is 5.45. The normalized spacial score (nSPS) is 12.3. The monoisotopic (exact) mass is 260 g/mol. The van der Waals surface area contributed by atoms with Crippen LogP contribution in [0.25, 0.3) is 0 Å². The molecule has 6 nitrogen and oxygen atoms in total. The van der Waals surface area contributed by atoms with Crippen molar-refractivity contribution in [1.29, 1.82) is 0 Å². The van der Waals surface area contributed by atoms with Gasteiger partial charge in [0.1, 0.15) is 17.5 Å². The van der Waals surface area contributed by atoms with Crippen LogP contribution < -0.4 is 11.1 Å². The van der Waals surface area contributed by atoms with Gasteiger partial charge in [0, 0.05) is 37.5 Å². The average molecular weight is 260 g/mol. The summed E-state index contributed by atoms with van der Waals surface area (Å²) in [6.45, 7) is 5.02. The van der Waals surface area contributed by atoms with E-state index in [0.29, 0.717) is 5.82 Å². The maximum Gasteiger partial charge on any atom is 0.133 e. The van der Waals surface area contributed by atoms with Crippen molar-refractivity contribution in [3.63, 3.8) is 0 Å². The second-order valence-electron chi connectivity index (χ2n) is 4.65. The zero-order chi connectivity index (χ0) is 13.7. The van der Waals surface area contributed by atoms with E-state index in [1.54, 1.807) is 18.6 Å². The van der Waals surface area contributed by atoms with E-state index in [9.17, 15) is 0 Å². The minimum absolute atomic E-state index is 0.234. The van der Waals surface area contributed by atoms with Gasteiger partial charge < -0.3 is 15.6 Å². The van der Waals surface area contributed by atoms with Crippen LogP contribution in [0.2, 0.25) is 0 Å². The summed E-state index contributed by atoms with van der Waals surface area (Å²) >= 11 is 0. The number of nitrogen functional groups attached to an aromatic ring is 1. The van der Waals surface area contributed by atoms with Crippen molar-refractivity contribution < 1.29 is 0 Å². The number of aromatic nitrogens is 4. The van der Waals surface area contributed by atoms with E-state index in [4.69, 9.17) is 5.73 Å². The predicted molar refractivity (Wildman–Crippen MR) is 75.8 cm³/mol. The topological polar surface area (TPSA) is 81.6 Å². The largest absolute Gasteiger partial charge is 0.384 e. The molecule has 6 heteroatoms. The van der Waals surface area contributed by atoms with Crippen molar-refractivity contribution in [3.05, 3.63) is 30.6 Å². The number of nitrogens with one attached hydrogen (secondary N) is 1. The van der Waals surface area contributed by atoms with E-state index in [1.807, 2.05) is 10.8 Å². The van der Waals surface area contributed by atoms with Gasteiger partial charge >= 0.3 is 0 Å². The number of nitrogens with zero attached hydrogens (tertiary/aromatic N) is 4. The van der Waals surface area contributed by atoms with Gasteiger partial charge in [-0.25, -0.2) is 15.0 Å². The van der Waals surface area contributed by atoms with Gasteiger partial charge in [0.15, 0.2) is 0 Å². The number of hydrogen-bond acceptors (Lipinski definition) is 5. The lowest BCUT2D eigenvalue weighted by Crippen LogP contribution is -2.22. The first-order valence-electron chi connectivity index (χ1n) is 6.53. The minimum atomic E-state index is 0.234. The summed E-state index contributed by atoms with van der Waals surface area (Å²) in [5, 5.41) is 3.34. The first-order chi connectivity index (χ1) is 9.17. The van der Waals surface area contributed by atoms with Crippen LogP contribution in [0.1, 0.15) is 26.1 Å². The van der Waals surface area contributed by atoms with Crippen LogP contribution in [0.15, 0.2) is 24.8 Å². The quantitative estimate of drug-likeness (QED) is 0.826. The molecular weight excluding hydrogens is 240 g/mol. The first kappa shape index (κ1) is 13.3. The number of nitrogens with two attached hydrogens (primary N) is 1. The van der Waals surface area contributed by atoms with Gasteiger partial charge in [-0.1, -0.05) is 6.92 Å². The Morgan fingerprint density at radius 3 is 2.95 bits per heavy atom. The Morgan fingerprint density at radius 1 is 1.42 bits per heavy atom. The summed E-state index contributed by atoms with van der Waals surface area (Å²) in [7, 11) is 0. The molecule has 0 aliphatic heterocycles. The molecule has 0 aliphatic rings. The average Bonchev–Trinajstić information content (AvgIpc) is 2.81. The third-order valence-electron chi connectivity index (χ3n) is 2.70. The van der Waals surface area contributed by atoms with Crippen LogP contribution in [-0.4, -0.2) is 25.6 Å². The maximum absolute atomic E-state index is 5.80. The minimum Gasteiger partial charge on any atom is -0.384 e. The molecule has 0 fully saturated rings. The van der Waals surface area contributed by atoms with Crippen molar-refractivity contribution in [2.75, 3.05) is 11.1 Å². The molecule has 2 rings (SSSR count). The molecule has 0 saturated heterocycles. The molecule has 0 aromatic carbocycles. The molecule has 2 heterocycles. The third kappa shape index (κ3) is 3.94. The summed E-state index contributed by atoms with van der Waals surface area (Å²) < 4.78 is 2.02. The smallest absolute Gasteiger partial charge is 0.133 e.